The molecule has 0 bridgehead atoms. The van der Waals surface area contributed by atoms with Gasteiger partial charge in [-0.2, -0.15) is 0 Å². The molecule has 29 heavy (non-hydrogen) atoms. The number of non-ortho nitro benzene ring substituents is 2. The molecule has 0 spiro atoms. The highest BCUT2D eigenvalue weighted by Crippen LogP contribution is 2.23. The lowest BCUT2D eigenvalue weighted by atomic mass is 10.1. The molecule has 0 aliphatic carbocycles. The Morgan fingerprint density at radius 2 is 1.52 bits per heavy atom. The summed E-state index contributed by atoms with van der Waals surface area (Å²) < 4.78 is 10.1. The van der Waals surface area contributed by atoms with Crippen LogP contribution in [0.15, 0.2) is 42.5 Å². The van der Waals surface area contributed by atoms with E-state index in [-0.39, 0.29) is 30.0 Å². The second-order valence-corrected chi connectivity index (χ2v) is 5.62. The summed E-state index contributed by atoms with van der Waals surface area (Å²) in [4.78, 5) is 44.4. The van der Waals surface area contributed by atoms with Gasteiger partial charge in [-0.25, -0.2) is 4.79 Å². The highest BCUT2D eigenvalue weighted by molar-refractivity contribution is 6.05. The van der Waals surface area contributed by atoms with Crippen molar-refractivity contribution in [2.24, 2.45) is 0 Å². The van der Waals surface area contributed by atoms with Gasteiger partial charge in [0.1, 0.15) is 6.61 Å². The Balaban J connectivity index is 2.08. The molecule has 1 amide bonds. The fourth-order valence-corrected chi connectivity index (χ4v) is 2.25. The Labute approximate surface area is 164 Å². The van der Waals surface area contributed by atoms with E-state index in [1.165, 1.54) is 24.3 Å². The van der Waals surface area contributed by atoms with Crippen LogP contribution in [0.5, 0.6) is 0 Å². The first kappa shape index (κ1) is 21.4. The molecule has 0 saturated carbocycles. The number of anilines is 1. The third-order valence-electron chi connectivity index (χ3n) is 3.63. The average Bonchev–Trinajstić information content (AvgIpc) is 2.71. The number of rotatable bonds is 9. The van der Waals surface area contributed by atoms with Gasteiger partial charge in [-0.3, -0.25) is 25.0 Å². The number of nitrogens with zero attached hydrogens (tertiary/aromatic N) is 2. The second kappa shape index (κ2) is 9.90. The lowest BCUT2D eigenvalue weighted by Crippen LogP contribution is -2.13. The molecule has 2 rings (SSSR count). The van der Waals surface area contributed by atoms with Crippen LogP contribution >= 0.6 is 0 Å². The van der Waals surface area contributed by atoms with E-state index in [0.29, 0.717) is 6.61 Å². The molecule has 0 aliphatic heterocycles. The molecule has 0 aliphatic rings. The van der Waals surface area contributed by atoms with E-state index >= 15 is 0 Å². The van der Waals surface area contributed by atoms with Crippen molar-refractivity contribution in [2.45, 2.75) is 6.92 Å². The summed E-state index contributed by atoms with van der Waals surface area (Å²) in [6.45, 7) is 2.73. The molecule has 0 fully saturated rings. The van der Waals surface area contributed by atoms with Crippen molar-refractivity contribution in [3.8, 4) is 0 Å². The van der Waals surface area contributed by atoms with Crippen LogP contribution in [-0.4, -0.2) is 41.5 Å². The number of nitro groups is 2. The minimum absolute atomic E-state index is 0.108. The van der Waals surface area contributed by atoms with Crippen LogP contribution in [0.3, 0.4) is 0 Å². The molecular formula is C18H17N3O8. The van der Waals surface area contributed by atoms with Crippen LogP contribution in [0.1, 0.15) is 27.6 Å². The fourth-order valence-electron chi connectivity index (χ4n) is 2.25. The van der Waals surface area contributed by atoms with Gasteiger partial charge in [0, 0.05) is 24.4 Å². The van der Waals surface area contributed by atoms with Crippen LogP contribution in [0, 0.1) is 20.2 Å². The number of hydrogen-bond acceptors (Lipinski definition) is 8. The Kier molecular flexibility index (Phi) is 7.32. The van der Waals surface area contributed by atoms with E-state index in [1.807, 2.05) is 6.92 Å². The van der Waals surface area contributed by atoms with Crippen molar-refractivity contribution in [1.29, 1.82) is 0 Å². The van der Waals surface area contributed by atoms with Gasteiger partial charge >= 0.3 is 5.97 Å². The first-order valence-corrected chi connectivity index (χ1v) is 8.42. The van der Waals surface area contributed by atoms with E-state index < -0.39 is 33.1 Å². The number of esters is 1. The maximum atomic E-state index is 12.3. The predicted molar refractivity (Wildman–Crippen MR) is 101 cm³/mol. The topological polar surface area (TPSA) is 151 Å². The Morgan fingerprint density at radius 3 is 2.03 bits per heavy atom. The van der Waals surface area contributed by atoms with Gasteiger partial charge in [0.05, 0.1) is 33.6 Å². The van der Waals surface area contributed by atoms with E-state index in [1.54, 1.807) is 0 Å². The van der Waals surface area contributed by atoms with Crippen LogP contribution in [0.2, 0.25) is 0 Å². The minimum atomic E-state index is -0.824. The van der Waals surface area contributed by atoms with E-state index in [2.05, 4.69) is 5.32 Å². The van der Waals surface area contributed by atoms with Gasteiger partial charge in [0.25, 0.3) is 17.3 Å². The molecule has 0 atom stereocenters. The molecule has 2 aromatic carbocycles. The Hall–Kier alpha value is -3.86. The maximum Gasteiger partial charge on any atom is 0.338 e. The summed E-state index contributed by atoms with van der Waals surface area (Å²) in [7, 11) is 0. The quantitative estimate of drug-likeness (QED) is 0.290. The van der Waals surface area contributed by atoms with Crippen LogP contribution < -0.4 is 5.32 Å². The van der Waals surface area contributed by atoms with Crippen LogP contribution in [0.4, 0.5) is 17.1 Å². The Bertz CT molecular complexity index is 895. The summed E-state index contributed by atoms with van der Waals surface area (Å²) in [6, 6.07) is 8.36. The fraction of sp³-hybridized carbons (Fsp3) is 0.222. The lowest BCUT2D eigenvalue weighted by molar-refractivity contribution is -0.394. The first-order valence-electron chi connectivity index (χ1n) is 8.42. The van der Waals surface area contributed by atoms with Crippen molar-refractivity contribution in [3.63, 3.8) is 0 Å². The maximum absolute atomic E-state index is 12.3. The number of ether oxygens (including phenoxy) is 2. The van der Waals surface area contributed by atoms with Crippen LogP contribution in [0.25, 0.3) is 0 Å². The zero-order valence-corrected chi connectivity index (χ0v) is 15.3. The normalized spacial score (nSPS) is 10.2. The Morgan fingerprint density at radius 1 is 0.931 bits per heavy atom. The summed E-state index contributed by atoms with van der Waals surface area (Å²) in [6.07, 6.45) is 0. The molecule has 1 N–H and O–H groups in total. The van der Waals surface area contributed by atoms with Crippen molar-refractivity contribution >= 4 is 28.9 Å². The lowest BCUT2D eigenvalue weighted by Gasteiger charge is -2.07. The van der Waals surface area contributed by atoms with Crippen LogP contribution in [-0.2, 0) is 9.47 Å². The zero-order valence-electron chi connectivity index (χ0n) is 15.3. The van der Waals surface area contributed by atoms with Gasteiger partial charge in [0.15, 0.2) is 0 Å². The van der Waals surface area contributed by atoms with E-state index in [4.69, 9.17) is 9.47 Å². The number of carbonyl (C=O) groups is 2. The molecule has 0 heterocycles. The van der Waals surface area contributed by atoms with Crippen molar-refractivity contribution in [1.82, 2.24) is 0 Å². The second-order valence-electron chi connectivity index (χ2n) is 5.62. The number of benzene rings is 2. The molecule has 2 aromatic rings. The van der Waals surface area contributed by atoms with E-state index in [9.17, 15) is 29.8 Å². The van der Waals surface area contributed by atoms with Gasteiger partial charge in [-0.1, -0.05) is 0 Å². The van der Waals surface area contributed by atoms with Crippen molar-refractivity contribution in [3.05, 3.63) is 73.8 Å². The minimum Gasteiger partial charge on any atom is -0.460 e. The molecule has 11 nitrogen and oxygen atoms in total. The van der Waals surface area contributed by atoms with Crippen molar-refractivity contribution in [2.75, 3.05) is 25.1 Å². The average molecular weight is 403 g/mol. The van der Waals surface area contributed by atoms with Crippen molar-refractivity contribution < 1.29 is 28.9 Å². The van der Waals surface area contributed by atoms with Gasteiger partial charge in [0.2, 0.25) is 0 Å². The monoisotopic (exact) mass is 403 g/mol. The summed E-state index contributed by atoms with van der Waals surface area (Å²) in [5, 5.41) is 24.3. The molecule has 0 saturated heterocycles. The smallest absolute Gasteiger partial charge is 0.338 e. The summed E-state index contributed by atoms with van der Waals surface area (Å²) in [5.74, 6) is -1.33. The number of amides is 1. The highest BCUT2D eigenvalue weighted by atomic mass is 16.6. The van der Waals surface area contributed by atoms with Gasteiger partial charge in [-0.05, 0) is 31.2 Å². The third kappa shape index (κ3) is 6.07. The SMILES string of the molecule is CCOCCOC(=O)c1ccc(NC(=O)c2cc([N+](=O)[O-])cc([N+](=O)[O-])c2)cc1. The van der Waals surface area contributed by atoms with Gasteiger partial charge in [-0.15, -0.1) is 0 Å². The van der Waals surface area contributed by atoms with Gasteiger partial charge < -0.3 is 14.8 Å². The number of nitrogens with one attached hydrogen (secondary N) is 1. The number of hydrogen-bond donors (Lipinski definition) is 1. The predicted octanol–water partition coefficient (Wildman–Crippen LogP) is 2.95. The molecule has 11 heteroatoms. The first-order chi connectivity index (χ1) is 13.8. The largest absolute Gasteiger partial charge is 0.460 e. The highest BCUT2D eigenvalue weighted by Gasteiger charge is 2.20. The third-order valence-corrected chi connectivity index (χ3v) is 3.63. The number of nitro benzene ring substituents is 2. The molecule has 0 aromatic heterocycles. The molecule has 0 radical (unpaired) electrons. The standard InChI is InChI=1S/C18H17N3O8/c1-2-28-7-8-29-18(23)12-3-5-14(6-4-12)19-17(22)13-9-15(20(24)25)11-16(10-13)21(26)27/h3-6,9-11H,2,7-8H2,1H3,(H,19,22). The number of carbonyl (C=O) groups excluding carboxylic acids is 2. The molecule has 152 valence electrons. The summed E-state index contributed by atoms with van der Waals surface area (Å²) in [5.41, 5.74) is -0.852. The zero-order chi connectivity index (χ0) is 21.4. The summed E-state index contributed by atoms with van der Waals surface area (Å²) >= 11 is 0. The van der Waals surface area contributed by atoms with E-state index in [0.717, 1.165) is 18.2 Å². The molecular weight excluding hydrogens is 386 g/mol. The molecule has 0 unspecified atom stereocenters.